The van der Waals surface area contributed by atoms with Crippen molar-refractivity contribution in [1.82, 2.24) is 14.8 Å². The van der Waals surface area contributed by atoms with Crippen molar-refractivity contribution in [2.24, 2.45) is 5.10 Å². The van der Waals surface area contributed by atoms with Gasteiger partial charge < -0.3 is 4.42 Å². The Kier molecular flexibility index (Phi) is 4.39. The second-order valence-electron chi connectivity index (χ2n) is 4.79. The maximum Gasteiger partial charge on any atom is 0.433 e. The monoisotopic (exact) mass is 361 g/mol. The largest absolute Gasteiger partial charge is 0.433 e. The standard InChI is InChI=1S/C14H11N5O5S/c1-25(23)14-16-12(10-4-2-3-7-18(10)14)13(20)17-15-8-9-5-6-11(24-9)19(21)22/h2-8H,1H3,(H,17,20). The molecule has 0 bridgehead atoms. The van der Waals surface area contributed by atoms with Crippen LogP contribution in [0.5, 0.6) is 0 Å². The predicted molar refractivity (Wildman–Crippen MR) is 87.9 cm³/mol. The van der Waals surface area contributed by atoms with E-state index in [2.05, 4.69) is 15.5 Å². The molecule has 3 aromatic rings. The van der Waals surface area contributed by atoms with Crippen molar-refractivity contribution < 1.29 is 18.3 Å². The molecule has 25 heavy (non-hydrogen) atoms. The topological polar surface area (TPSA) is 132 Å². The van der Waals surface area contributed by atoms with Gasteiger partial charge in [0, 0.05) is 12.5 Å². The van der Waals surface area contributed by atoms with Crippen LogP contribution in [-0.4, -0.2) is 36.9 Å². The van der Waals surface area contributed by atoms with E-state index in [0.29, 0.717) is 5.52 Å². The summed E-state index contributed by atoms with van der Waals surface area (Å²) in [4.78, 5) is 26.2. The molecule has 0 saturated carbocycles. The lowest BCUT2D eigenvalue weighted by Gasteiger charge is -1.97. The van der Waals surface area contributed by atoms with Crippen molar-refractivity contribution in [2.75, 3.05) is 6.26 Å². The molecule has 0 spiro atoms. The average Bonchev–Trinajstić information content (AvgIpc) is 3.19. The number of nitro groups is 1. The Balaban J connectivity index is 1.81. The number of carbonyl (C=O) groups is 1. The van der Waals surface area contributed by atoms with E-state index in [1.807, 2.05) is 0 Å². The van der Waals surface area contributed by atoms with Gasteiger partial charge in [0.1, 0.15) is 4.92 Å². The van der Waals surface area contributed by atoms with Crippen LogP contribution >= 0.6 is 0 Å². The third-order valence-corrected chi connectivity index (χ3v) is 3.94. The normalized spacial score (nSPS) is 12.5. The first-order valence-electron chi connectivity index (χ1n) is 6.85. The molecule has 1 unspecified atom stereocenters. The van der Waals surface area contributed by atoms with E-state index >= 15 is 0 Å². The molecule has 0 aliphatic heterocycles. The number of hydrogen-bond donors (Lipinski definition) is 1. The summed E-state index contributed by atoms with van der Waals surface area (Å²) in [7, 11) is -1.38. The molecule has 3 rings (SSSR count). The Labute approximate surface area is 142 Å². The van der Waals surface area contributed by atoms with Gasteiger partial charge in [0.15, 0.2) is 11.5 Å². The minimum Gasteiger partial charge on any atom is -0.400 e. The van der Waals surface area contributed by atoms with Gasteiger partial charge in [0.2, 0.25) is 5.16 Å². The Morgan fingerprint density at radius 1 is 1.44 bits per heavy atom. The summed E-state index contributed by atoms with van der Waals surface area (Å²) in [6.45, 7) is 0. The number of amides is 1. The Bertz CT molecular complexity index is 1020. The molecule has 0 aliphatic carbocycles. The van der Waals surface area contributed by atoms with Crippen molar-refractivity contribution in [3.63, 3.8) is 0 Å². The van der Waals surface area contributed by atoms with Gasteiger partial charge in [-0.05, 0) is 18.2 Å². The number of aromatic nitrogens is 2. The fourth-order valence-electron chi connectivity index (χ4n) is 2.10. The lowest BCUT2D eigenvalue weighted by molar-refractivity contribution is -0.402. The van der Waals surface area contributed by atoms with E-state index in [1.165, 1.54) is 18.4 Å². The summed E-state index contributed by atoms with van der Waals surface area (Å²) < 4.78 is 18.2. The molecule has 0 aromatic carbocycles. The molecule has 11 heteroatoms. The number of nitrogens with one attached hydrogen (secondary N) is 1. The van der Waals surface area contributed by atoms with Gasteiger partial charge in [0.05, 0.1) is 28.6 Å². The summed E-state index contributed by atoms with van der Waals surface area (Å²) in [5.74, 6) is -0.933. The molecule has 1 N–H and O–H groups in total. The molecule has 1 amide bonds. The maximum absolute atomic E-state index is 12.3. The number of imidazole rings is 1. The van der Waals surface area contributed by atoms with Gasteiger partial charge in [-0.1, -0.05) is 6.07 Å². The molecular formula is C14H11N5O5S. The van der Waals surface area contributed by atoms with E-state index in [9.17, 15) is 19.1 Å². The number of fused-ring (bicyclic) bond motifs is 1. The van der Waals surface area contributed by atoms with Crippen molar-refractivity contribution in [3.05, 3.63) is 58.1 Å². The summed E-state index contributed by atoms with van der Waals surface area (Å²) in [5, 5.41) is 14.5. The smallest absolute Gasteiger partial charge is 0.400 e. The highest BCUT2D eigenvalue weighted by molar-refractivity contribution is 7.84. The Morgan fingerprint density at radius 2 is 2.24 bits per heavy atom. The lowest BCUT2D eigenvalue weighted by Crippen LogP contribution is -2.18. The van der Waals surface area contributed by atoms with Gasteiger partial charge in [-0.3, -0.25) is 23.5 Å². The van der Waals surface area contributed by atoms with Crippen molar-refractivity contribution in [3.8, 4) is 0 Å². The highest BCUT2D eigenvalue weighted by Crippen LogP contribution is 2.16. The molecule has 0 radical (unpaired) electrons. The third-order valence-electron chi connectivity index (χ3n) is 3.14. The Hall–Kier alpha value is -3.34. The summed E-state index contributed by atoms with van der Waals surface area (Å²) >= 11 is 0. The number of pyridine rings is 1. The minimum absolute atomic E-state index is 0.0633. The molecule has 1 atom stereocenters. The van der Waals surface area contributed by atoms with Crippen LogP contribution in [0.2, 0.25) is 0 Å². The summed E-state index contributed by atoms with van der Waals surface area (Å²) in [6.07, 6.45) is 4.24. The van der Waals surface area contributed by atoms with Crippen LogP contribution in [0.25, 0.3) is 5.52 Å². The zero-order valence-corrected chi connectivity index (χ0v) is 13.6. The molecule has 3 heterocycles. The quantitative estimate of drug-likeness (QED) is 0.414. The van der Waals surface area contributed by atoms with Gasteiger partial charge >= 0.3 is 5.88 Å². The molecule has 128 valence electrons. The van der Waals surface area contributed by atoms with Crippen LogP contribution in [0, 0.1) is 10.1 Å². The third kappa shape index (κ3) is 3.30. The van der Waals surface area contributed by atoms with Crippen molar-refractivity contribution in [2.45, 2.75) is 5.16 Å². The maximum atomic E-state index is 12.3. The van der Waals surface area contributed by atoms with Gasteiger partial charge in [-0.15, -0.1) is 0 Å². The van der Waals surface area contributed by atoms with Crippen LogP contribution in [-0.2, 0) is 10.8 Å². The number of hydrazone groups is 1. The number of furan rings is 1. The summed E-state index contributed by atoms with van der Waals surface area (Å²) in [5.41, 5.74) is 2.80. The number of hydrogen-bond acceptors (Lipinski definition) is 7. The second kappa shape index (κ2) is 6.65. The first kappa shape index (κ1) is 16.5. The second-order valence-corrected chi connectivity index (χ2v) is 6.06. The van der Waals surface area contributed by atoms with Crippen molar-refractivity contribution >= 4 is 34.3 Å². The first-order valence-corrected chi connectivity index (χ1v) is 8.41. The molecular weight excluding hydrogens is 350 g/mol. The molecule has 0 aliphatic rings. The highest BCUT2D eigenvalue weighted by Gasteiger charge is 2.18. The predicted octanol–water partition coefficient (Wildman–Crippen LogP) is 1.34. The molecule has 10 nitrogen and oxygen atoms in total. The zero-order chi connectivity index (χ0) is 18.0. The van der Waals surface area contributed by atoms with Gasteiger partial charge in [-0.2, -0.15) is 5.10 Å². The van der Waals surface area contributed by atoms with E-state index in [1.54, 1.807) is 28.8 Å². The Morgan fingerprint density at radius 3 is 2.92 bits per heavy atom. The van der Waals surface area contributed by atoms with Crippen molar-refractivity contribution in [1.29, 1.82) is 0 Å². The number of carbonyl (C=O) groups excluding carboxylic acids is 1. The highest BCUT2D eigenvalue weighted by atomic mass is 32.2. The molecule has 0 fully saturated rings. The van der Waals surface area contributed by atoms with Crippen LogP contribution in [0.15, 0.2) is 51.2 Å². The SMILES string of the molecule is CS(=O)c1nc(C(=O)NN=Cc2ccc([N+](=O)[O-])o2)c2ccccn12. The van der Waals surface area contributed by atoms with Crippen LogP contribution in [0.3, 0.4) is 0 Å². The minimum atomic E-state index is -1.38. The van der Waals surface area contributed by atoms with Crippen LogP contribution in [0.1, 0.15) is 16.2 Å². The number of rotatable bonds is 5. The first-order chi connectivity index (χ1) is 12.0. The van der Waals surface area contributed by atoms with Crippen LogP contribution < -0.4 is 5.43 Å². The molecule has 0 saturated heterocycles. The van der Waals surface area contributed by atoms with E-state index < -0.39 is 27.5 Å². The lowest BCUT2D eigenvalue weighted by atomic mass is 10.3. The van der Waals surface area contributed by atoms with E-state index in [0.717, 1.165) is 6.21 Å². The summed E-state index contributed by atoms with van der Waals surface area (Å²) in [6, 6.07) is 7.64. The van der Waals surface area contributed by atoms with E-state index in [-0.39, 0.29) is 16.6 Å². The fraction of sp³-hybridized carbons (Fsp3) is 0.0714. The average molecular weight is 361 g/mol. The van der Waals surface area contributed by atoms with E-state index in [4.69, 9.17) is 4.42 Å². The van der Waals surface area contributed by atoms with Crippen LogP contribution in [0.4, 0.5) is 5.88 Å². The molecule has 3 aromatic heterocycles. The zero-order valence-electron chi connectivity index (χ0n) is 12.8. The van der Waals surface area contributed by atoms with Gasteiger partial charge in [0.25, 0.3) is 5.91 Å². The van der Waals surface area contributed by atoms with Gasteiger partial charge in [-0.25, -0.2) is 10.4 Å². The number of nitrogens with zero attached hydrogens (tertiary/aromatic N) is 4. The fourth-order valence-corrected chi connectivity index (χ4v) is 2.75.